The lowest BCUT2D eigenvalue weighted by Crippen LogP contribution is -2.32. The number of fused-ring (bicyclic) bond motifs is 1. The molecule has 1 atom stereocenters. The zero-order chi connectivity index (χ0) is 11.7. The van der Waals surface area contributed by atoms with Crippen molar-refractivity contribution in [2.24, 2.45) is 5.73 Å². The monoisotopic (exact) mass is 240 g/mol. The Labute approximate surface area is 95.4 Å². The first kappa shape index (κ1) is 10.6. The van der Waals surface area contributed by atoms with Gasteiger partial charge in [0.25, 0.3) is 0 Å². The third-order valence-corrected chi connectivity index (χ3v) is 2.21. The van der Waals surface area contributed by atoms with Gasteiger partial charge in [-0.15, -0.1) is 0 Å². The number of nitrogens with one attached hydrogen (secondary N) is 2. The average molecular weight is 241 g/mol. The van der Waals surface area contributed by atoms with Crippen molar-refractivity contribution in [2.45, 2.75) is 13.0 Å². The lowest BCUT2D eigenvalue weighted by atomic mass is 10.3. The van der Waals surface area contributed by atoms with E-state index in [1.807, 2.05) is 0 Å². The van der Waals surface area contributed by atoms with Crippen molar-refractivity contribution in [3.63, 3.8) is 0 Å². The van der Waals surface area contributed by atoms with Crippen LogP contribution >= 0.6 is 11.6 Å². The summed E-state index contributed by atoms with van der Waals surface area (Å²) >= 11 is 5.71. The van der Waals surface area contributed by atoms with E-state index in [1.54, 1.807) is 6.92 Å². The number of anilines is 1. The average Bonchev–Trinajstić information content (AvgIpc) is 2.65. The van der Waals surface area contributed by atoms with Crippen LogP contribution in [0.3, 0.4) is 0 Å². The lowest BCUT2D eigenvalue weighted by Gasteiger charge is -2.10. The molecule has 4 N–H and O–H groups in total. The predicted molar refractivity (Wildman–Crippen MR) is 59.0 cm³/mol. The second-order valence-corrected chi connectivity index (χ2v) is 3.55. The molecule has 2 heterocycles. The second-order valence-electron chi connectivity index (χ2n) is 3.21. The minimum absolute atomic E-state index is 0.0544. The number of hydrogen-bond acceptors (Lipinski definition) is 5. The Morgan fingerprint density at radius 3 is 3.06 bits per heavy atom. The Kier molecular flexibility index (Phi) is 2.61. The number of aromatic nitrogens is 4. The number of carbonyl (C=O) groups excluding carboxylic acids is 1. The van der Waals surface area contributed by atoms with Gasteiger partial charge in [-0.1, -0.05) is 0 Å². The summed E-state index contributed by atoms with van der Waals surface area (Å²) in [6.45, 7) is 1.63. The van der Waals surface area contributed by atoms with Crippen molar-refractivity contribution in [1.82, 2.24) is 19.9 Å². The largest absolute Gasteiger partial charge is 0.368 e. The fourth-order valence-electron chi connectivity index (χ4n) is 1.19. The first-order valence-electron chi connectivity index (χ1n) is 4.50. The van der Waals surface area contributed by atoms with Crippen molar-refractivity contribution in [2.75, 3.05) is 5.32 Å². The van der Waals surface area contributed by atoms with Crippen molar-refractivity contribution in [3.05, 3.63) is 11.6 Å². The zero-order valence-corrected chi connectivity index (χ0v) is 9.12. The normalized spacial score (nSPS) is 12.6. The summed E-state index contributed by atoms with van der Waals surface area (Å²) < 4.78 is 0. The van der Waals surface area contributed by atoms with Crippen molar-refractivity contribution >= 4 is 34.5 Å². The highest BCUT2D eigenvalue weighted by molar-refractivity contribution is 6.28. The van der Waals surface area contributed by atoms with Crippen LogP contribution in [0, 0.1) is 0 Å². The standard InChI is InChI=1S/C8H9ClN6O/c1-3(5(10)16)13-7-4-6(12-2-11-4)14-8(9)15-7/h2-3H,1H3,(H2,10,16)(H2,11,12,13,14,15). The first-order chi connectivity index (χ1) is 7.58. The van der Waals surface area contributed by atoms with Gasteiger partial charge in [0.1, 0.15) is 11.6 Å². The van der Waals surface area contributed by atoms with Gasteiger partial charge in [0.2, 0.25) is 11.2 Å². The minimum Gasteiger partial charge on any atom is -0.368 e. The molecule has 0 aromatic carbocycles. The second kappa shape index (κ2) is 3.93. The first-order valence-corrected chi connectivity index (χ1v) is 4.88. The quantitative estimate of drug-likeness (QED) is 0.668. The van der Waals surface area contributed by atoms with Gasteiger partial charge in [0.05, 0.1) is 6.33 Å². The number of primary amides is 1. The van der Waals surface area contributed by atoms with Crippen LogP contribution in [0.25, 0.3) is 11.2 Å². The van der Waals surface area contributed by atoms with Crippen molar-refractivity contribution in [1.29, 1.82) is 0 Å². The Bertz CT molecular complexity index is 538. The maximum Gasteiger partial charge on any atom is 0.239 e. The molecule has 2 rings (SSSR count). The van der Waals surface area contributed by atoms with Crippen LogP contribution in [0.2, 0.25) is 5.28 Å². The van der Waals surface area contributed by atoms with Gasteiger partial charge in [0.15, 0.2) is 11.5 Å². The zero-order valence-electron chi connectivity index (χ0n) is 8.36. The maximum absolute atomic E-state index is 10.9. The van der Waals surface area contributed by atoms with Gasteiger partial charge < -0.3 is 16.0 Å². The molecule has 16 heavy (non-hydrogen) atoms. The maximum atomic E-state index is 10.9. The van der Waals surface area contributed by atoms with E-state index in [-0.39, 0.29) is 5.28 Å². The molecule has 2 aromatic rings. The Morgan fingerprint density at radius 1 is 1.62 bits per heavy atom. The summed E-state index contributed by atoms with van der Waals surface area (Å²) in [4.78, 5) is 25.6. The lowest BCUT2D eigenvalue weighted by molar-refractivity contribution is -0.118. The van der Waals surface area contributed by atoms with Crippen LogP contribution in [0.5, 0.6) is 0 Å². The van der Waals surface area contributed by atoms with E-state index in [0.717, 1.165) is 0 Å². The topological polar surface area (TPSA) is 110 Å². The summed E-state index contributed by atoms with van der Waals surface area (Å²) in [5.41, 5.74) is 6.15. The Morgan fingerprint density at radius 2 is 2.38 bits per heavy atom. The molecule has 0 bridgehead atoms. The highest BCUT2D eigenvalue weighted by Gasteiger charge is 2.14. The molecule has 8 heteroatoms. The third kappa shape index (κ3) is 1.89. The molecule has 7 nitrogen and oxygen atoms in total. The fourth-order valence-corrected chi connectivity index (χ4v) is 1.35. The van der Waals surface area contributed by atoms with E-state index in [4.69, 9.17) is 17.3 Å². The Balaban J connectivity index is 2.42. The van der Waals surface area contributed by atoms with Crippen LogP contribution in [-0.2, 0) is 4.79 Å². The van der Waals surface area contributed by atoms with Crippen LogP contribution < -0.4 is 11.1 Å². The molecule has 1 unspecified atom stereocenters. The van der Waals surface area contributed by atoms with E-state index < -0.39 is 11.9 Å². The summed E-state index contributed by atoms with van der Waals surface area (Å²) in [7, 11) is 0. The summed E-state index contributed by atoms with van der Waals surface area (Å²) in [5.74, 6) is -0.0822. The number of H-pyrrole nitrogens is 1. The molecule has 0 saturated heterocycles. The van der Waals surface area contributed by atoms with Crippen LogP contribution in [0.15, 0.2) is 6.33 Å². The number of amides is 1. The summed E-state index contributed by atoms with van der Waals surface area (Å²) in [5, 5.41) is 2.88. The Hall–Kier alpha value is -1.89. The van der Waals surface area contributed by atoms with Crippen molar-refractivity contribution < 1.29 is 4.79 Å². The van der Waals surface area contributed by atoms with E-state index in [0.29, 0.717) is 17.0 Å². The number of imidazole rings is 1. The molecule has 0 radical (unpaired) electrons. The van der Waals surface area contributed by atoms with Crippen LogP contribution in [0.4, 0.5) is 5.82 Å². The molecule has 0 spiro atoms. The SMILES string of the molecule is CC(Nc1nc(Cl)nc2nc[nH]c12)C(N)=O. The van der Waals surface area contributed by atoms with Crippen molar-refractivity contribution in [3.8, 4) is 0 Å². The van der Waals surface area contributed by atoms with Gasteiger partial charge >= 0.3 is 0 Å². The van der Waals surface area contributed by atoms with Gasteiger partial charge in [-0.05, 0) is 18.5 Å². The smallest absolute Gasteiger partial charge is 0.239 e. The summed E-state index contributed by atoms with van der Waals surface area (Å²) in [6, 6.07) is -0.558. The molecule has 0 aliphatic heterocycles. The molecule has 0 aliphatic rings. The number of aromatic amines is 1. The van der Waals surface area contributed by atoms with E-state index in [2.05, 4.69) is 25.3 Å². The molecule has 0 fully saturated rings. The number of nitrogens with zero attached hydrogens (tertiary/aromatic N) is 3. The molecular formula is C8H9ClN6O. The number of hydrogen-bond donors (Lipinski definition) is 3. The van der Waals surface area contributed by atoms with E-state index in [1.165, 1.54) is 6.33 Å². The fraction of sp³-hybridized carbons (Fsp3) is 0.250. The minimum atomic E-state index is -0.558. The summed E-state index contributed by atoms with van der Waals surface area (Å²) in [6.07, 6.45) is 1.47. The highest BCUT2D eigenvalue weighted by Crippen LogP contribution is 2.18. The molecule has 0 saturated carbocycles. The van der Waals surface area contributed by atoms with Gasteiger partial charge in [0, 0.05) is 0 Å². The number of carbonyl (C=O) groups is 1. The van der Waals surface area contributed by atoms with Crippen LogP contribution in [0.1, 0.15) is 6.92 Å². The third-order valence-electron chi connectivity index (χ3n) is 2.04. The predicted octanol–water partition coefficient (Wildman–Crippen LogP) is 0.292. The number of nitrogens with two attached hydrogens (primary N) is 1. The van der Waals surface area contributed by atoms with Gasteiger partial charge in [-0.3, -0.25) is 4.79 Å². The molecule has 0 aliphatic carbocycles. The number of rotatable bonds is 3. The highest BCUT2D eigenvalue weighted by atomic mass is 35.5. The molecular weight excluding hydrogens is 232 g/mol. The van der Waals surface area contributed by atoms with Gasteiger partial charge in [-0.2, -0.15) is 9.97 Å². The van der Waals surface area contributed by atoms with E-state index in [9.17, 15) is 4.79 Å². The molecule has 2 aromatic heterocycles. The van der Waals surface area contributed by atoms with E-state index >= 15 is 0 Å². The molecule has 84 valence electrons. The number of halogens is 1. The molecule has 1 amide bonds. The van der Waals surface area contributed by atoms with Crippen LogP contribution in [-0.4, -0.2) is 31.9 Å². The van der Waals surface area contributed by atoms with Gasteiger partial charge in [-0.25, -0.2) is 4.98 Å².